The molecule has 0 N–H and O–H groups in total. The lowest BCUT2D eigenvalue weighted by Gasteiger charge is -1.89. The highest BCUT2D eigenvalue weighted by Gasteiger charge is 2.04. The molecule has 0 unspecified atom stereocenters. The van der Waals surface area contributed by atoms with Crippen molar-refractivity contribution in [1.29, 1.82) is 5.26 Å². The number of nitriles is 1. The summed E-state index contributed by atoms with van der Waals surface area (Å²) in [4.78, 5) is 4.01. The van der Waals surface area contributed by atoms with Gasteiger partial charge in [-0.3, -0.25) is 0 Å². The molecule has 0 saturated carbocycles. The number of rotatable bonds is 2. The zero-order valence-corrected chi connectivity index (χ0v) is 6.73. The van der Waals surface area contributed by atoms with E-state index in [0.717, 1.165) is 5.52 Å². The molecule has 0 radical (unpaired) electrons. The molecule has 1 aromatic carbocycles. The number of oxazole rings is 1. The molecule has 0 aliphatic heterocycles. The summed E-state index contributed by atoms with van der Waals surface area (Å²) in [7, 11) is 0. The van der Waals surface area contributed by atoms with Gasteiger partial charge in [0.15, 0.2) is 12.2 Å². The Morgan fingerprint density at radius 3 is 3.08 bits per heavy atom. The Labute approximate surface area is 74.4 Å². The summed E-state index contributed by atoms with van der Waals surface area (Å²) in [5, 5.41) is 8.26. The number of fused-ring (bicyclic) bond motifs is 1. The SMILES string of the molecule is N#CCOc1nc2ccccc2o1. The van der Waals surface area contributed by atoms with Crippen LogP contribution >= 0.6 is 0 Å². The molecule has 0 amide bonds. The number of hydrogen-bond acceptors (Lipinski definition) is 4. The predicted octanol–water partition coefficient (Wildman–Crippen LogP) is 1.73. The van der Waals surface area contributed by atoms with Gasteiger partial charge in [-0.15, -0.1) is 0 Å². The van der Waals surface area contributed by atoms with Crippen molar-refractivity contribution in [2.45, 2.75) is 0 Å². The van der Waals surface area contributed by atoms with Gasteiger partial charge in [0.05, 0.1) is 0 Å². The minimum absolute atomic E-state index is 0.0488. The number of benzene rings is 1. The fraction of sp³-hybridized carbons (Fsp3) is 0.111. The highest BCUT2D eigenvalue weighted by Crippen LogP contribution is 2.19. The summed E-state index contributed by atoms with van der Waals surface area (Å²) in [6, 6.07) is 9.16. The van der Waals surface area contributed by atoms with Crippen molar-refractivity contribution in [2.75, 3.05) is 6.61 Å². The Morgan fingerprint density at radius 2 is 2.31 bits per heavy atom. The lowest BCUT2D eigenvalue weighted by atomic mass is 10.3. The largest absolute Gasteiger partial charge is 0.435 e. The Morgan fingerprint density at radius 1 is 1.46 bits per heavy atom. The minimum atomic E-state index is -0.0488. The van der Waals surface area contributed by atoms with E-state index in [4.69, 9.17) is 14.4 Å². The highest BCUT2D eigenvalue weighted by atomic mass is 16.6. The summed E-state index contributed by atoms with van der Waals surface area (Å²) in [5.74, 6) is 0. The topological polar surface area (TPSA) is 59.0 Å². The maximum absolute atomic E-state index is 8.26. The summed E-state index contributed by atoms with van der Waals surface area (Å²) in [6.45, 7) is -0.0488. The van der Waals surface area contributed by atoms with Crippen LogP contribution in [0.2, 0.25) is 0 Å². The van der Waals surface area contributed by atoms with Gasteiger partial charge in [0, 0.05) is 0 Å². The second-order valence-corrected chi connectivity index (χ2v) is 2.39. The van der Waals surface area contributed by atoms with Gasteiger partial charge in [0.2, 0.25) is 0 Å². The minimum Gasteiger partial charge on any atom is -0.435 e. The van der Waals surface area contributed by atoms with Crippen LogP contribution in [0.4, 0.5) is 0 Å². The first-order chi connectivity index (χ1) is 6.40. The Bertz CT molecular complexity index is 423. The number of ether oxygens (including phenoxy) is 1. The lowest BCUT2D eigenvalue weighted by molar-refractivity contribution is 0.270. The van der Waals surface area contributed by atoms with E-state index in [1.807, 2.05) is 24.3 Å². The van der Waals surface area contributed by atoms with Gasteiger partial charge in [0.25, 0.3) is 0 Å². The van der Waals surface area contributed by atoms with Crippen LogP contribution in [0.1, 0.15) is 0 Å². The van der Waals surface area contributed by atoms with E-state index in [0.29, 0.717) is 5.58 Å². The van der Waals surface area contributed by atoms with Gasteiger partial charge in [-0.2, -0.15) is 10.2 Å². The van der Waals surface area contributed by atoms with E-state index in [2.05, 4.69) is 4.98 Å². The first-order valence-electron chi connectivity index (χ1n) is 3.75. The van der Waals surface area contributed by atoms with Gasteiger partial charge < -0.3 is 9.15 Å². The van der Waals surface area contributed by atoms with Crippen LogP contribution < -0.4 is 4.74 Å². The van der Waals surface area contributed by atoms with Gasteiger partial charge in [0.1, 0.15) is 11.6 Å². The summed E-state index contributed by atoms with van der Waals surface area (Å²) < 4.78 is 10.1. The Kier molecular flexibility index (Phi) is 1.85. The number of hydrogen-bond donors (Lipinski definition) is 0. The summed E-state index contributed by atoms with van der Waals surface area (Å²) in [6.07, 6.45) is 0.141. The van der Waals surface area contributed by atoms with Crippen LogP contribution in [0.25, 0.3) is 11.1 Å². The third kappa shape index (κ3) is 1.44. The second-order valence-electron chi connectivity index (χ2n) is 2.39. The van der Waals surface area contributed by atoms with Crippen LogP contribution in [0, 0.1) is 11.3 Å². The molecule has 1 aromatic heterocycles. The second kappa shape index (κ2) is 3.15. The molecule has 2 aromatic rings. The summed E-state index contributed by atoms with van der Waals surface area (Å²) in [5.41, 5.74) is 1.39. The average Bonchev–Trinajstić information content (AvgIpc) is 2.57. The Balaban J connectivity index is 2.34. The van der Waals surface area contributed by atoms with Crippen LogP contribution in [-0.2, 0) is 0 Å². The van der Waals surface area contributed by atoms with Gasteiger partial charge in [-0.05, 0) is 12.1 Å². The quantitative estimate of drug-likeness (QED) is 0.695. The van der Waals surface area contributed by atoms with Gasteiger partial charge in [-0.25, -0.2) is 0 Å². The molecule has 2 rings (SSSR count). The van der Waals surface area contributed by atoms with E-state index in [-0.39, 0.29) is 12.7 Å². The maximum atomic E-state index is 8.26. The molecule has 0 atom stereocenters. The van der Waals surface area contributed by atoms with Crippen LogP contribution in [0.15, 0.2) is 28.7 Å². The van der Waals surface area contributed by atoms with E-state index in [9.17, 15) is 0 Å². The standard InChI is InChI=1S/C9H6N2O2/c10-5-6-12-9-11-7-3-1-2-4-8(7)13-9/h1-4H,6H2. The smallest absolute Gasteiger partial charge is 0.395 e. The molecule has 64 valence electrons. The van der Waals surface area contributed by atoms with Crippen molar-refractivity contribution in [1.82, 2.24) is 4.98 Å². The fourth-order valence-electron chi connectivity index (χ4n) is 1.01. The average molecular weight is 174 g/mol. The monoisotopic (exact) mass is 174 g/mol. The molecule has 0 aliphatic carbocycles. The molecule has 1 heterocycles. The third-order valence-corrected chi connectivity index (χ3v) is 1.53. The number of aromatic nitrogens is 1. The van der Waals surface area contributed by atoms with Gasteiger partial charge in [-0.1, -0.05) is 12.1 Å². The predicted molar refractivity (Wildman–Crippen MR) is 45.1 cm³/mol. The van der Waals surface area contributed by atoms with E-state index < -0.39 is 0 Å². The normalized spacial score (nSPS) is 9.77. The van der Waals surface area contributed by atoms with Crippen LogP contribution in [0.5, 0.6) is 6.08 Å². The van der Waals surface area contributed by atoms with Crippen molar-refractivity contribution >= 4 is 11.1 Å². The van der Waals surface area contributed by atoms with E-state index in [1.54, 1.807) is 6.07 Å². The van der Waals surface area contributed by atoms with Crippen molar-refractivity contribution in [3.05, 3.63) is 24.3 Å². The summed E-state index contributed by atoms with van der Waals surface area (Å²) >= 11 is 0. The Hall–Kier alpha value is -2.02. The first-order valence-corrected chi connectivity index (χ1v) is 3.75. The van der Waals surface area contributed by atoms with Gasteiger partial charge >= 0.3 is 6.08 Å². The molecule has 0 bridgehead atoms. The zero-order chi connectivity index (χ0) is 9.10. The number of para-hydroxylation sites is 2. The fourth-order valence-corrected chi connectivity index (χ4v) is 1.01. The molecule has 4 nitrogen and oxygen atoms in total. The molecule has 0 aliphatic rings. The van der Waals surface area contributed by atoms with Crippen LogP contribution in [0.3, 0.4) is 0 Å². The molecular formula is C9H6N2O2. The molecule has 4 heteroatoms. The molecule has 13 heavy (non-hydrogen) atoms. The van der Waals surface area contributed by atoms with Crippen molar-refractivity contribution in [3.63, 3.8) is 0 Å². The third-order valence-electron chi connectivity index (χ3n) is 1.53. The zero-order valence-electron chi connectivity index (χ0n) is 6.73. The number of nitrogens with zero attached hydrogens (tertiary/aromatic N) is 2. The van der Waals surface area contributed by atoms with Crippen molar-refractivity contribution in [2.24, 2.45) is 0 Å². The first kappa shape index (κ1) is 7.62. The lowest BCUT2D eigenvalue weighted by Crippen LogP contribution is -1.92. The van der Waals surface area contributed by atoms with Crippen molar-refractivity contribution in [3.8, 4) is 12.1 Å². The van der Waals surface area contributed by atoms with Crippen molar-refractivity contribution < 1.29 is 9.15 Å². The molecule has 0 spiro atoms. The maximum Gasteiger partial charge on any atom is 0.395 e. The molecule has 0 saturated heterocycles. The van der Waals surface area contributed by atoms with E-state index >= 15 is 0 Å². The molecular weight excluding hydrogens is 168 g/mol. The van der Waals surface area contributed by atoms with Crippen LogP contribution in [-0.4, -0.2) is 11.6 Å². The van der Waals surface area contributed by atoms with E-state index in [1.165, 1.54) is 0 Å². The molecule has 0 fully saturated rings. The highest BCUT2D eigenvalue weighted by molar-refractivity contribution is 5.72.